The number of nitriles is 1. The summed E-state index contributed by atoms with van der Waals surface area (Å²) in [4.78, 5) is 34.8. The van der Waals surface area contributed by atoms with Crippen LogP contribution in [0.25, 0.3) is 16.6 Å². The molecule has 0 unspecified atom stereocenters. The molecule has 10 nitrogen and oxygen atoms in total. The van der Waals surface area contributed by atoms with E-state index >= 15 is 0 Å². The monoisotopic (exact) mass is 532 g/mol. The summed E-state index contributed by atoms with van der Waals surface area (Å²) in [6.07, 6.45) is 1.81. The van der Waals surface area contributed by atoms with E-state index in [1.807, 2.05) is 0 Å². The number of hydrogen-bond donors (Lipinski definition) is 1. The Morgan fingerprint density at radius 1 is 1.10 bits per heavy atom. The van der Waals surface area contributed by atoms with Crippen LogP contribution in [0.1, 0.15) is 16.7 Å². The Hall–Kier alpha value is -5.25. The number of hydrogen-bond acceptors (Lipinski definition) is 7. The van der Waals surface area contributed by atoms with E-state index in [9.17, 15) is 28.0 Å². The summed E-state index contributed by atoms with van der Waals surface area (Å²) in [6, 6.07) is 12.0. The molecule has 0 atom stereocenters. The smallest absolute Gasteiger partial charge is 0.325 e. The summed E-state index contributed by atoms with van der Waals surface area (Å²) in [5.74, 6) is -0.828. The highest BCUT2D eigenvalue weighted by Crippen LogP contribution is 2.21. The van der Waals surface area contributed by atoms with E-state index in [0.717, 1.165) is 15.3 Å². The van der Waals surface area contributed by atoms with Gasteiger partial charge in [0, 0.05) is 23.5 Å². The third kappa shape index (κ3) is 5.26. The number of anilines is 2. The van der Waals surface area contributed by atoms with Gasteiger partial charge in [0.1, 0.15) is 18.4 Å². The van der Waals surface area contributed by atoms with Gasteiger partial charge in [-0.25, -0.2) is 27.3 Å². The van der Waals surface area contributed by atoms with Crippen molar-refractivity contribution in [2.75, 3.05) is 5.32 Å². The lowest BCUT2D eigenvalue weighted by atomic mass is 10.1. The second kappa shape index (κ2) is 10.3. The predicted molar refractivity (Wildman–Crippen MR) is 136 cm³/mol. The van der Waals surface area contributed by atoms with Crippen LogP contribution in [-0.4, -0.2) is 35.3 Å². The second-order valence-corrected chi connectivity index (χ2v) is 8.71. The number of halogens is 3. The number of rotatable bonds is 7. The van der Waals surface area contributed by atoms with Gasteiger partial charge in [-0.05, 0) is 54.4 Å². The molecule has 13 heteroatoms. The zero-order chi connectivity index (χ0) is 27.7. The first kappa shape index (κ1) is 25.4. The molecule has 5 aromatic rings. The fourth-order valence-corrected chi connectivity index (χ4v) is 4.07. The molecule has 0 saturated carbocycles. The van der Waals surface area contributed by atoms with Crippen LogP contribution in [0.15, 0.2) is 70.6 Å². The molecule has 3 heterocycles. The summed E-state index contributed by atoms with van der Waals surface area (Å²) in [6.45, 7) is 1.04. The average Bonchev–Trinajstić information content (AvgIpc) is 3.28. The van der Waals surface area contributed by atoms with Crippen molar-refractivity contribution in [3.63, 3.8) is 0 Å². The van der Waals surface area contributed by atoms with Crippen LogP contribution in [0.4, 0.5) is 24.8 Å². The Morgan fingerprint density at radius 3 is 2.67 bits per heavy atom. The van der Waals surface area contributed by atoms with Crippen molar-refractivity contribution in [3.05, 3.63) is 105 Å². The first-order chi connectivity index (χ1) is 18.7. The fourth-order valence-electron chi connectivity index (χ4n) is 4.07. The molecule has 3 aromatic heterocycles. The molecule has 196 valence electrons. The van der Waals surface area contributed by atoms with E-state index in [1.165, 1.54) is 29.1 Å². The second-order valence-electron chi connectivity index (χ2n) is 8.71. The zero-order valence-corrected chi connectivity index (χ0v) is 20.3. The maximum absolute atomic E-state index is 13.9. The number of nitrogens with one attached hydrogen (secondary N) is 1. The van der Waals surface area contributed by atoms with Crippen molar-refractivity contribution >= 4 is 22.5 Å². The van der Waals surface area contributed by atoms with Crippen LogP contribution in [0.5, 0.6) is 0 Å². The van der Waals surface area contributed by atoms with Gasteiger partial charge < -0.3 is 5.32 Å². The molecular formula is C26H19F3N8O2. The van der Waals surface area contributed by atoms with E-state index < -0.39 is 30.2 Å². The molecule has 0 radical (unpaired) electrons. The van der Waals surface area contributed by atoms with Crippen molar-refractivity contribution in [1.82, 2.24) is 28.9 Å². The van der Waals surface area contributed by atoms with Gasteiger partial charge in [0.05, 0.1) is 29.5 Å². The summed E-state index contributed by atoms with van der Waals surface area (Å²) >= 11 is 0. The highest BCUT2D eigenvalue weighted by Gasteiger charge is 2.17. The van der Waals surface area contributed by atoms with Crippen molar-refractivity contribution in [2.45, 2.75) is 26.4 Å². The molecule has 39 heavy (non-hydrogen) atoms. The number of alkyl halides is 2. The lowest BCUT2D eigenvalue weighted by molar-refractivity contribution is 0.122. The Kier molecular flexibility index (Phi) is 6.68. The minimum atomic E-state index is -2.57. The highest BCUT2D eigenvalue weighted by molar-refractivity contribution is 5.82. The first-order valence-corrected chi connectivity index (χ1v) is 11.6. The Balaban J connectivity index is 1.62. The number of nitrogens with zero attached hydrogens (tertiary/aromatic N) is 7. The Labute approximate surface area is 218 Å². The summed E-state index contributed by atoms with van der Waals surface area (Å²) in [5.41, 5.74) is 0.400. The third-order valence-corrected chi connectivity index (χ3v) is 5.81. The third-order valence-electron chi connectivity index (χ3n) is 5.81. The number of aromatic nitrogens is 6. The lowest BCUT2D eigenvalue weighted by Crippen LogP contribution is -2.41. The van der Waals surface area contributed by atoms with Crippen LogP contribution >= 0.6 is 0 Å². The number of aryl methyl sites for hydroxylation is 1. The standard InChI is InChI=1S/C26H19F3N8O2/c1-15-6-20(11-31-10-15)37-25(38)33-24(36(26(37)39)12-16-2-4-21(27)17(7-16)9-30)32-19-3-5-22-18(8-19)13-35(34-22)14-23(28)29/h2-8,10-11,13,23H,12,14H2,1H3,(H,32,33,38). The molecule has 0 amide bonds. The first-order valence-electron chi connectivity index (χ1n) is 11.6. The highest BCUT2D eigenvalue weighted by atomic mass is 19.3. The van der Waals surface area contributed by atoms with Gasteiger partial charge in [-0.2, -0.15) is 15.3 Å². The molecule has 0 spiro atoms. The molecule has 0 saturated heterocycles. The Bertz CT molecular complexity index is 1870. The lowest BCUT2D eigenvalue weighted by Gasteiger charge is -2.16. The topological polar surface area (TPSA) is 123 Å². The van der Waals surface area contributed by atoms with E-state index in [2.05, 4.69) is 20.4 Å². The normalized spacial score (nSPS) is 11.2. The van der Waals surface area contributed by atoms with Crippen LogP contribution in [0, 0.1) is 24.1 Å². The molecule has 0 aliphatic heterocycles. The fraction of sp³-hybridized carbons (Fsp3) is 0.154. The molecule has 0 fully saturated rings. The number of fused-ring (bicyclic) bond motifs is 1. The van der Waals surface area contributed by atoms with Gasteiger partial charge in [0.25, 0.3) is 6.43 Å². The van der Waals surface area contributed by atoms with E-state index in [4.69, 9.17) is 0 Å². The van der Waals surface area contributed by atoms with Gasteiger partial charge in [-0.1, -0.05) is 6.07 Å². The van der Waals surface area contributed by atoms with Crippen molar-refractivity contribution in [1.29, 1.82) is 5.26 Å². The van der Waals surface area contributed by atoms with Gasteiger partial charge in [-0.15, -0.1) is 0 Å². The van der Waals surface area contributed by atoms with Crippen molar-refractivity contribution in [2.24, 2.45) is 0 Å². The summed E-state index contributed by atoms with van der Waals surface area (Å²) < 4.78 is 42.6. The van der Waals surface area contributed by atoms with E-state index in [1.54, 1.807) is 43.5 Å². The van der Waals surface area contributed by atoms with Gasteiger partial charge in [0.2, 0.25) is 5.95 Å². The minimum absolute atomic E-state index is 0.121. The number of pyridine rings is 1. The van der Waals surface area contributed by atoms with Crippen LogP contribution < -0.4 is 16.7 Å². The average molecular weight is 532 g/mol. The minimum Gasteiger partial charge on any atom is -0.325 e. The Morgan fingerprint density at radius 2 is 1.92 bits per heavy atom. The van der Waals surface area contributed by atoms with E-state index in [-0.39, 0.29) is 23.7 Å². The molecule has 0 aliphatic rings. The van der Waals surface area contributed by atoms with Gasteiger partial charge >= 0.3 is 11.4 Å². The molecular weight excluding hydrogens is 513 g/mol. The predicted octanol–water partition coefficient (Wildman–Crippen LogP) is 3.52. The van der Waals surface area contributed by atoms with Gasteiger partial charge in [0.15, 0.2) is 0 Å². The summed E-state index contributed by atoms with van der Waals surface area (Å²) in [5, 5.41) is 16.8. The van der Waals surface area contributed by atoms with Crippen LogP contribution in [0.3, 0.4) is 0 Å². The maximum Gasteiger partial charge on any atom is 0.359 e. The van der Waals surface area contributed by atoms with E-state index in [0.29, 0.717) is 27.7 Å². The summed E-state index contributed by atoms with van der Waals surface area (Å²) in [7, 11) is 0. The largest absolute Gasteiger partial charge is 0.359 e. The molecule has 5 rings (SSSR count). The van der Waals surface area contributed by atoms with Crippen LogP contribution in [-0.2, 0) is 13.1 Å². The zero-order valence-electron chi connectivity index (χ0n) is 20.3. The number of benzene rings is 2. The molecule has 0 bridgehead atoms. The SMILES string of the molecule is Cc1cncc(-n2c(=O)nc(Nc3ccc4nn(CC(F)F)cc4c3)n(Cc3ccc(F)c(C#N)c3)c2=O)c1. The van der Waals surface area contributed by atoms with Crippen molar-refractivity contribution in [3.8, 4) is 11.8 Å². The van der Waals surface area contributed by atoms with Gasteiger partial charge in [-0.3, -0.25) is 14.2 Å². The van der Waals surface area contributed by atoms with Crippen molar-refractivity contribution < 1.29 is 13.2 Å². The maximum atomic E-state index is 13.9. The molecule has 2 aromatic carbocycles. The van der Waals surface area contributed by atoms with Crippen LogP contribution in [0.2, 0.25) is 0 Å². The molecule has 1 N–H and O–H groups in total. The molecule has 0 aliphatic carbocycles. The quantitative estimate of drug-likeness (QED) is 0.340.